The molecule has 2 aliphatic heterocycles. The van der Waals surface area contributed by atoms with E-state index in [1.165, 1.54) is 0 Å². The highest BCUT2D eigenvalue weighted by molar-refractivity contribution is 4.96. The summed E-state index contributed by atoms with van der Waals surface area (Å²) in [4.78, 5) is 2.56. The summed E-state index contributed by atoms with van der Waals surface area (Å²) in [6, 6.07) is 1.07. The van der Waals surface area contributed by atoms with Crippen LogP contribution in [0.25, 0.3) is 0 Å². The van der Waals surface area contributed by atoms with Crippen LogP contribution in [-0.2, 0) is 14.2 Å². The van der Waals surface area contributed by atoms with Crippen molar-refractivity contribution in [2.75, 3.05) is 46.1 Å². The van der Waals surface area contributed by atoms with Crippen molar-refractivity contribution in [1.82, 2.24) is 10.2 Å². The van der Waals surface area contributed by atoms with Gasteiger partial charge in [-0.2, -0.15) is 0 Å². The third-order valence-corrected chi connectivity index (χ3v) is 4.62. The Bertz CT molecular complexity index is 284. The van der Waals surface area contributed by atoms with E-state index < -0.39 is 0 Å². The molecule has 0 aromatic rings. The van der Waals surface area contributed by atoms with Gasteiger partial charge in [0, 0.05) is 38.0 Å². The van der Waals surface area contributed by atoms with Crippen molar-refractivity contribution >= 4 is 0 Å². The monoisotopic (exact) mass is 270 g/mol. The van der Waals surface area contributed by atoms with Gasteiger partial charge in [0.15, 0.2) is 5.79 Å². The van der Waals surface area contributed by atoms with Gasteiger partial charge in [0.2, 0.25) is 0 Å². The average Bonchev–Trinajstić information content (AvgIpc) is 2.91. The minimum atomic E-state index is -0.297. The van der Waals surface area contributed by atoms with Crippen LogP contribution in [0.5, 0.6) is 0 Å². The maximum atomic E-state index is 5.92. The largest absolute Gasteiger partial charge is 0.379 e. The Morgan fingerprint density at radius 2 is 1.89 bits per heavy atom. The van der Waals surface area contributed by atoms with E-state index in [1.54, 1.807) is 0 Å². The standard InChI is InChI=1S/C14H26N2O3/c1-2-15-12-3-4-14(18-9-10-19-14)11-13(12)16-5-7-17-8-6-16/h12-13,15H,2-11H2,1H3. The number of nitrogens with zero attached hydrogens (tertiary/aromatic N) is 1. The highest BCUT2D eigenvalue weighted by atomic mass is 16.7. The minimum absolute atomic E-state index is 0.297. The van der Waals surface area contributed by atoms with Gasteiger partial charge >= 0.3 is 0 Å². The van der Waals surface area contributed by atoms with E-state index in [0.29, 0.717) is 12.1 Å². The fraction of sp³-hybridized carbons (Fsp3) is 1.00. The molecule has 1 spiro atoms. The Hall–Kier alpha value is -0.200. The third kappa shape index (κ3) is 2.95. The first-order chi connectivity index (χ1) is 9.33. The Morgan fingerprint density at radius 1 is 1.16 bits per heavy atom. The topological polar surface area (TPSA) is 43.0 Å². The van der Waals surface area contributed by atoms with Crippen LogP contribution in [-0.4, -0.2) is 68.8 Å². The van der Waals surface area contributed by atoms with E-state index in [0.717, 1.165) is 65.3 Å². The maximum absolute atomic E-state index is 5.92. The number of ether oxygens (including phenoxy) is 3. The molecule has 2 atom stereocenters. The van der Waals surface area contributed by atoms with Gasteiger partial charge in [-0.25, -0.2) is 0 Å². The molecule has 0 aromatic carbocycles. The van der Waals surface area contributed by atoms with Crippen LogP contribution < -0.4 is 5.32 Å². The molecular formula is C14H26N2O3. The molecule has 1 N–H and O–H groups in total. The molecule has 5 nitrogen and oxygen atoms in total. The summed E-state index contributed by atoms with van der Waals surface area (Å²) >= 11 is 0. The molecule has 2 saturated heterocycles. The molecule has 3 aliphatic rings. The van der Waals surface area contributed by atoms with Crippen molar-refractivity contribution in [3.63, 3.8) is 0 Å². The summed E-state index contributed by atoms with van der Waals surface area (Å²) in [6.45, 7) is 8.48. The number of nitrogens with one attached hydrogen (secondary N) is 1. The highest BCUT2D eigenvalue weighted by Crippen LogP contribution is 2.38. The summed E-state index contributed by atoms with van der Waals surface area (Å²) in [5, 5.41) is 3.64. The molecule has 0 radical (unpaired) electrons. The van der Waals surface area contributed by atoms with Crippen LogP contribution in [0.1, 0.15) is 26.2 Å². The maximum Gasteiger partial charge on any atom is 0.170 e. The lowest BCUT2D eigenvalue weighted by Crippen LogP contribution is -2.59. The molecule has 2 unspecified atom stereocenters. The van der Waals surface area contributed by atoms with Gasteiger partial charge in [-0.15, -0.1) is 0 Å². The van der Waals surface area contributed by atoms with Crippen LogP contribution >= 0.6 is 0 Å². The molecule has 1 saturated carbocycles. The van der Waals surface area contributed by atoms with Crippen LogP contribution in [0.3, 0.4) is 0 Å². The number of rotatable bonds is 3. The Labute approximate surface area is 115 Å². The second-order valence-electron chi connectivity index (χ2n) is 5.73. The lowest BCUT2D eigenvalue weighted by molar-refractivity contribution is -0.196. The van der Waals surface area contributed by atoms with Gasteiger partial charge in [0.05, 0.1) is 26.4 Å². The van der Waals surface area contributed by atoms with E-state index in [1.807, 2.05) is 0 Å². The summed E-state index contributed by atoms with van der Waals surface area (Å²) in [5.74, 6) is -0.297. The zero-order valence-corrected chi connectivity index (χ0v) is 11.9. The number of hydrogen-bond acceptors (Lipinski definition) is 5. The van der Waals surface area contributed by atoms with Crippen molar-refractivity contribution in [2.24, 2.45) is 0 Å². The van der Waals surface area contributed by atoms with Crippen LogP contribution in [0.2, 0.25) is 0 Å². The molecule has 0 bridgehead atoms. The molecule has 0 amide bonds. The van der Waals surface area contributed by atoms with Crippen LogP contribution in [0.15, 0.2) is 0 Å². The SMILES string of the molecule is CCNC1CCC2(CC1N1CCOCC1)OCCO2. The molecule has 3 rings (SSSR count). The number of likely N-dealkylation sites (N-methyl/N-ethyl adjacent to an activating group) is 1. The highest BCUT2D eigenvalue weighted by Gasteiger charge is 2.46. The summed E-state index contributed by atoms with van der Waals surface area (Å²) in [5.41, 5.74) is 0. The van der Waals surface area contributed by atoms with E-state index in [-0.39, 0.29) is 5.79 Å². The molecule has 0 aromatic heterocycles. The molecule has 5 heteroatoms. The average molecular weight is 270 g/mol. The molecule has 2 heterocycles. The fourth-order valence-electron chi connectivity index (χ4n) is 3.68. The van der Waals surface area contributed by atoms with Gasteiger partial charge < -0.3 is 19.5 Å². The predicted molar refractivity (Wildman–Crippen MR) is 72.1 cm³/mol. The third-order valence-electron chi connectivity index (χ3n) is 4.62. The zero-order valence-electron chi connectivity index (χ0n) is 11.9. The molecule has 1 aliphatic carbocycles. The smallest absolute Gasteiger partial charge is 0.170 e. The van der Waals surface area contributed by atoms with E-state index in [9.17, 15) is 0 Å². The van der Waals surface area contributed by atoms with Gasteiger partial charge in [0.25, 0.3) is 0 Å². The Balaban J connectivity index is 1.69. The van der Waals surface area contributed by atoms with Gasteiger partial charge in [-0.05, 0) is 13.0 Å². The van der Waals surface area contributed by atoms with E-state index in [2.05, 4.69) is 17.1 Å². The molecule has 3 fully saturated rings. The first-order valence-electron chi connectivity index (χ1n) is 7.66. The van der Waals surface area contributed by atoms with Crippen molar-refractivity contribution in [1.29, 1.82) is 0 Å². The first-order valence-corrected chi connectivity index (χ1v) is 7.66. The van der Waals surface area contributed by atoms with Crippen LogP contribution in [0, 0.1) is 0 Å². The first kappa shape index (κ1) is 13.8. The Kier molecular flexibility index (Phi) is 4.39. The second-order valence-corrected chi connectivity index (χ2v) is 5.73. The molecule has 19 heavy (non-hydrogen) atoms. The minimum Gasteiger partial charge on any atom is -0.379 e. The second kappa shape index (κ2) is 6.06. The van der Waals surface area contributed by atoms with Gasteiger partial charge in [-0.1, -0.05) is 6.92 Å². The van der Waals surface area contributed by atoms with Crippen molar-refractivity contribution in [2.45, 2.75) is 44.1 Å². The summed E-state index contributed by atoms with van der Waals surface area (Å²) in [7, 11) is 0. The van der Waals surface area contributed by atoms with Crippen molar-refractivity contribution in [3.8, 4) is 0 Å². The molecule has 110 valence electrons. The summed E-state index contributed by atoms with van der Waals surface area (Å²) in [6.07, 6.45) is 3.14. The zero-order chi connectivity index (χ0) is 13.1. The van der Waals surface area contributed by atoms with E-state index >= 15 is 0 Å². The Morgan fingerprint density at radius 3 is 2.58 bits per heavy atom. The summed E-state index contributed by atoms with van der Waals surface area (Å²) < 4.78 is 17.3. The molecular weight excluding hydrogens is 244 g/mol. The normalized spacial score (nSPS) is 35.8. The predicted octanol–water partition coefficient (Wildman–Crippen LogP) is 0.592. The lowest BCUT2D eigenvalue weighted by atomic mass is 9.84. The van der Waals surface area contributed by atoms with Crippen molar-refractivity contribution in [3.05, 3.63) is 0 Å². The van der Waals surface area contributed by atoms with Gasteiger partial charge in [0.1, 0.15) is 0 Å². The quantitative estimate of drug-likeness (QED) is 0.813. The van der Waals surface area contributed by atoms with Crippen LogP contribution in [0.4, 0.5) is 0 Å². The fourth-order valence-corrected chi connectivity index (χ4v) is 3.68. The lowest BCUT2D eigenvalue weighted by Gasteiger charge is -2.47. The van der Waals surface area contributed by atoms with E-state index in [4.69, 9.17) is 14.2 Å². The number of morpholine rings is 1. The van der Waals surface area contributed by atoms with Gasteiger partial charge in [-0.3, -0.25) is 4.90 Å². The number of hydrogen-bond donors (Lipinski definition) is 1. The van der Waals surface area contributed by atoms with Crippen molar-refractivity contribution < 1.29 is 14.2 Å².